The third-order valence-corrected chi connectivity index (χ3v) is 4.76. The number of methoxy groups -OCH3 is 2. The van der Waals surface area contributed by atoms with Gasteiger partial charge in [0.15, 0.2) is 0 Å². The summed E-state index contributed by atoms with van der Waals surface area (Å²) >= 11 is 0. The Morgan fingerprint density at radius 2 is 1.92 bits per heavy atom. The minimum Gasteiger partial charge on any atom is -0.497 e. The fourth-order valence-corrected chi connectivity index (χ4v) is 3.30. The predicted octanol–water partition coefficient (Wildman–Crippen LogP) is 1.90. The molecule has 0 radical (unpaired) electrons. The molecule has 0 saturated carbocycles. The van der Waals surface area contributed by atoms with Crippen LogP contribution in [-0.2, 0) is 4.79 Å². The molecule has 0 aliphatic carbocycles. The van der Waals surface area contributed by atoms with Crippen molar-refractivity contribution in [3.63, 3.8) is 0 Å². The SMILES string of the molecule is COc1ccc(OC)c(C2NC(=O)N(C)C3=C2C(=O)N(C(C)C)C3)c1. The maximum atomic E-state index is 13.0. The molecule has 1 N–H and O–H groups in total. The van der Waals surface area contributed by atoms with Gasteiger partial charge in [-0.15, -0.1) is 0 Å². The van der Waals surface area contributed by atoms with Crippen LogP contribution in [0.15, 0.2) is 29.5 Å². The molecular formula is C18H23N3O4. The van der Waals surface area contributed by atoms with Crippen LogP contribution in [0.25, 0.3) is 0 Å². The van der Waals surface area contributed by atoms with Crippen LogP contribution in [0.4, 0.5) is 4.79 Å². The Labute approximate surface area is 147 Å². The van der Waals surface area contributed by atoms with Gasteiger partial charge < -0.3 is 19.7 Å². The van der Waals surface area contributed by atoms with Crippen LogP contribution < -0.4 is 14.8 Å². The van der Waals surface area contributed by atoms with Gasteiger partial charge in [0, 0.05) is 18.7 Å². The van der Waals surface area contributed by atoms with Gasteiger partial charge in [-0.3, -0.25) is 9.69 Å². The molecule has 0 fully saturated rings. The highest BCUT2D eigenvalue weighted by Gasteiger charge is 2.44. The number of nitrogens with one attached hydrogen (secondary N) is 1. The third kappa shape index (κ3) is 2.69. The number of urea groups is 1. The summed E-state index contributed by atoms with van der Waals surface area (Å²) in [6, 6.07) is 4.59. The molecule has 0 bridgehead atoms. The first-order chi connectivity index (χ1) is 11.9. The predicted molar refractivity (Wildman–Crippen MR) is 92.5 cm³/mol. The molecule has 0 saturated heterocycles. The highest BCUT2D eigenvalue weighted by molar-refractivity contribution is 6.01. The van der Waals surface area contributed by atoms with E-state index in [9.17, 15) is 9.59 Å². The summed E-state index contributed by atoms with van der Waals surface area (Å²) in [5.74, 6) is 1.17. The zero-order valence-corrected chi connectivity index (χ0v) is 15.1. The first-order valence-electron chi connectivity index (χ1n) is 8.19. The van der Waals surface area contributed by atoms with Gasteiger partial charge in [-0.25, -0.2) is 4.79 Å². The lowest BCUT2D eigenvalue weighted by Crippen LogP contribution is -2.45. The fraction of sp³-hybridized carbons (Fsp3) is 0.444. The summed E-state index contributed by atoms with van der Waals surface area (Å²) in [6.45, 7) is 4.36. The normalized spacial score (nSPS) is 20.2. The Morgan fingerprint density at radius 1 is 1.20 bits per heavy atom. The van der Waals surface area contributed by atoms with Gasteiger partial charge in [0.25, 0.3) is 5.91 Å². The maximum Gasteiger partial charge on any atom is 0.322 e. The summed E-state index contributed by atoms with van der Waals surface area (Å²) in [7, 11) is 4.82. The second-order valence-corrected chi connectivity index (χ2v) is 6.44. The van der Waals surface area contributed by atoms with Gasteiger partial charge in [0.1, 0.15) is 11.5 Å². The van der Waals surface area contributed by atoms with E-state index in [1.54, 1.807) is 44.4 Å². The number of carbonyl (C=O) groups is 2. The van der Waals surface area contributed by atoms with E-state index in [1.165, 1.54) is 4.90 Å². The van der Waals surface area contributed by atoms with Crippen LogP contribution in [-0.4, -0.2) is 55.6 Å². The molecule has 1 aromatic carbocycles. The molecule has 3 rings (SSSR count). The highest BCUT2D eigenvalue weighted by atomic mass is 16.5. The van der Waals surface area contributed by atoms with Gasteiger partial charge in [-0.1, -0.05) is 0 Å². The number of rotatable bonds is 4. The van der Waals surface area contributed by atoms with Gasteiger partial charge in [0.2, 0.25) is 0 Å². The van der Waals surface area contributed by atoms with Crippen molar-refractivity contribution in [2.75, 3.05) is 27.8 Å². The van der Waals surface area contributed by atoms with E-state index < -0.39 is 6.04 Å². The van der Waals surface area contributed by atoms with Crippen LogP contribution >= 0.6 is 0 Å². The molecule has 25 heavy (non-hydrogen) atoms. The topological polar surface area (TPSA) is 71.1 Å². The lowest BCUT2D eigenvalue weighted by molar-refractivity contribution is -0.127. The van der Waals surface area contributed by atoms with Gasteiger partial charge in [-0.2, -0.15) is 0 Å². The summed E-state index contributed by atoms with van der Waals surface area (Å²) in [5, 5.41) is 2.92. The van der Waals surface area contributed by atoms with E-state index in [4.69, 9.17) is 9.47 Å². The van der Waals surface area contributed by atoms with Crippen LogP contribution in [0.5, 0.6) is 11.5 Å². The van der Waals surface area contributed by atoms with E-state index in [1.807, 2.05) is 13.8 Å². The van der Waals surface area contributed by atoms with Crippen molar-refractivity contribution < 1.29 is 19.1 Å². The number of carbonyl (C=O) groups excluding carboxylic acids is 2. The molecule has 1 unspecified atom stereocenters. The van der Waals surface area contributed by atoms with Crippen molar-refractivity contribution in [2.24, 2.45) is 0 Å². The van der Waals surface area contributed by atoms with E-state index >= 15 is 0 Å². The Hall–Kier alpha value is -2.70. The largest absolute Gasteiger partial charge is 0.497 e. The van der Waals surface area contributed by atoms with E-state index in [2.05, 4.69) is 5.32 Å². The van der Waals surface area contributed by atoms with E-state index in [0.717, 1.165) is 5.70 Å². The smallest absolute Gasteiger partial charge is 0.322 e. The number of benzene rings is 1. The number of ether oxygens (including phenoxy) is 2. The molecule has 7 heteroatoms. The van der Waals surface area contributed by atoms with Crippen molar-refractivity contribution in [3.05, 3.63) is 35.0 Å². The van der Waals surface area contributed by atoms with Crippen LogP contribution in [0.1, 0.15) is 25.5 Å². The minimum atomic E-state index is -0.569. The number of hydrogen-bond acceptors (Lipinski definition) is 4. The second kappa shape index (κ2) is 6.31. The monoisotopic (exact) mass is 345 g/mol. The van der Waals surface area contributed by atoms with Crippen molar-refractivity contribution in [3.8, 4) is 11.5 Å². The van der Waals surface area contributed by atoms with Crippen molar-refractivity contribution in [1.29, 1.82) is 0 Å². The maximum absolute atomic E-state index is 13.0. The van der Waals surface area contributed by atoms with E-state index in [-0.39, 0.29) is 18.0 Å². The third-order valence-electron chi connectivity index (χ3n) is 4.76. The standard InChI is InChI=1S/C18H23N3O4/c1-10(2)21-9-13-15(17(21)22)16(19-18(23)20(13)3)12-8-11(24-4)6-7-14(12)25-5/h6-8,10,16H,9H2,1-5H3,(H,19,23). The molecule has 7 nitrogen and oxygen atoms in total. The van der Waals surface area contributed by atoms with Crippen molar-refractivity contribution >= 4 is 11.9 Å². The zero-order chi connectivity index (χ0) is 18.3. The molecule has 134 valence electrons. The zero-order valence-electron chi connectivity index (χ0n) is 15.1. The van der Waals surface area contributed by atoms with Crippen molar-refractivity contribution in [1.82, 2.24) is 15.1 Å². The first-order valence-corrected chi connectivity index (χ1v) is 8.19. The molecule has 1 atom stereocenters. The number of hydrogen-bond donors (Lipinski definition) is 1. The lowest BCUT2D eigenvalue weighted by Gasteiger charge is -2.31. The molecule has 2 aliphatic rings. The Kier molecular flexibility index (Phi) is 4.32. The summed E-state index contributed by atoms with van der Waals surface area (Å²) < 4.78 is 10.8. The Morgan fingerprint density at radius 3 is 2.52 bits per heavy atom. The van der Waals surface area contributed by atoms with Gasteiger partial charge in [-0.05, 0) is 32.0 Å². The molecule has 1 aromatic rings. The molecule has 2 heterocycles. The highest BCUT2D eigenvalue weighted by Crippen LogP contribution is 2.40. The van der Waals surface area contributed by atoms with Crippen LogP contribution in [0, 0.1) is 0 Å². The average Bonchev–Trinajstić information content (AvgIpc) is 2.95. The number of likely N-dealkylation sites (N-methyl/N-ethyl adjacent to an activating group) is 1. The lowest BCUT2D eigenvalue weighted by atomic mass is 9.94. The van der Waals surface area contributed by atoms with Crippen molar-refractivity contribution in [2.45, 2.75) is 25.9 Å². The summed E-state index contributed by atoms with van der Waals surface area (Å²) in [5.41, 5.74) is 2.02. The molecular weight excluding hydrogens is 322 g/mol. The average molecular weight is 345 g/mol. The summed E-state index contributed by atoms with van der Waals surface area (Å²) in [4.78, 5) is 28.7. The molecule has 0 aromatic heterocycles. The molecule has 0 spiro atoms. The quantitative estimate of drug-likeness (QED) is 0.905. The van der Waals surface area contributed by atoms with Gasteiger partial charge >= 0.3 is 6.03 Å². The Bertz CT molecular complexity index is 757. The van der Waals surface area contributed by atoms with Gasteiger partial charge in [0.05, 0.1) is 38.1 Å². The first kappa shape index (κ1) is 17.1. The fourth-order valence-electron chi connectivity index (χ4n) is 3.30. The second-order valence-electron chi connectivity index (χ2n) is 6.44. The molecule has 2 aliphatic heterocycles. The number of amides is 3. The summed E-state index contributed by atoms with van der Waals surface area (Å²) in [6.07, 6.45) is 0. The van der Waals surface area contributed by atoms with Crippen LogP contribution in [0.2, 0.25) is 0 Å². The minimum absolute atomic E-state index is 0.0504. The number of nitrogens with zero attached hydrogens (tertiary/aromatic N) is 2. The Balaban J connectivity index is 2.13. The van der Waals surface area contributed by atoms with Crippen LogP contribution in [0.3, 0.4) is 0 Å². The molecule has 3 amide bonds. The van der Waals surface area contributed by atoms with E-state index in [0.29, 0.717) is 29.2 Å².